The van der Waals surface area contributed by atoms with Gasteiger partial charge in [-0.15, -0.1) is 0 Å². The van der Waals surface area contributed by atoms with Crippen molar-refractivity contribution in [3.8, 4) is 16.9 Å². The molecule has 1 saturated heterocycles. The van der Waals surface area contributed by atoms with E-state index in [1.165, 1.54) is 17.8 Å². The summed E-state index contributed by atoms with van der Waals surface area (Å²) < 4.78 is 18.7. The van der Waals surface area contributed by atoms with E-state index in [-0.39, 0.29) is 11.4 Å². The molecule has 6 nitrogen and oxygen atoms in total. The molecule has 0 bridgehead atoms. The van der Waals surface area contributed by atoms with Crippen LogP contribution < -0.4 is 19.9 Å². The fourth-order valence-electron chi connectivity index (χ4n) is 4.85. The summed E-state index contributed by atoms with van der Waals surface area (Å²) in [6.45, 7) is 9.02. The lowest BCUT2D eigenvalue weighted by atomic mass is 9.98. The molecule has 37 heavy (non-hydrogen) atoms. The second-order valence-corrected chi connectivity index (χ2v) is 9.99. The van der Waals surface area contributed by atoms with Gasteiger partial charge in [-0.05, 0) is 86.0 Å². The van der Waals surface area contributed by atoms with Crippen LogP contribution in [-0.4, -0.2) is 42.3 Å². The second-order valence-electron chi connectivity index (χ2n) is 9.99. The maximum atomic E-state index is 13.4. The number of piperazine rings is 1. The highest BCUT2D eigenvalue weighted by Crippen LogP contribution is 2.32. The summed E-state index contributed by atoms with van der Waals surface area (Å²) in [7, 11) is 1.68. The molecule has 0 radical (unpaired) electrons. The van der Waals surface area contributed by atoms with Crippen molar-refractivity contribution in [3.63, 3.8) is 0 Å². The molecule has 190 valence electrons. The van der Waals surface area contributed by atoms with Gasteiger partial charge in [-0.2, -0.15) is 4.98 Å². The average Bonchev–Trinajstić information content (AvgIpc) is 2.90. The van der Waals surface area contributed by atoms with E-state index in [2.05, 4.69) is 65.1 Å². The van der Waals surface area contributed by atoms with Gasteiger partial charge in [0.05, 0.1) is 12.6 Å². The third kappa shape index (κ3) is 5.35. The molecule has 0 unspecified atom stereocenters. The number of methoxy groups -OCH3 is 1. The van der Waals surface area contributed by atoms with Gasteiger partial charge < -0.3 is 19.9 Å². The summed E-state index contributed by atoms with van der Waals surface area (Å²) in [6.07, 6.45) is 1.80. The quantitative estimate of drug-likeness (QED) is 0.330. The molecule has 1 fully saturated rings. The van der Waals surface area contributed by atoms with Crippen molar-refractivity contribution in [1.29, 1.82) is 0 Å². The molecule has 5 rings (SSSR count). The van der Waals surface area contributed by atoms with Crippen LogP contribution in [0.3, 0.4) is 0 Å². The molecule has 1 aromatic heterocycles. The molecule has 1 aliphatic heterocycles. The summed E-state index contributed by atoms with van der Waals surface area (Å²) in [6, 6.07) is 22.8. The van der Waals surface area contributed by atoms with E-state index in [1.807, 2.05) is 24.3 Å². The van der Waals surface area contributed by atoms with Gasteiger partial charge in [-0.1, -0.05) is 24.3 Å². The Kier molecular flexibility index (Phi) is 6.70. The Labute approximate surface area is 217 Å². The maximum absolute atomic E-state index is 13.4. The van der Waals surface area contributed by atoms with E-state index in [9.17, 15) is 4.39 Å². The van der Waals surface area contributed by atoms with Crippen molar-refractivity contribution in [1.82, 2.24) is 9.97 Å². The SMILES string of the molecule is COc1ccc(N2CCN(c3nccc(Nc4cc(-c5ccc(F)cc5)ccc4C)n3)CC2(C)C)cc1. The Hall–Kier alpha value is -4.13. The summed E-state index contributed by atoms with van der Waals surface area (Å²) in [5.74, 6) is 2.06. The molecule has 0 spiro atoms. The van der Waals surface area contributed by atoms with Crippen LogP contribution in [0.1, 0.15) is 19.4 Å². The van der Waals surface area contributed by atoms with Crippen LogP contribution in [0.5, 0.6) is 5.75 Å². The Bertz CT molecular complexity index is 1370. The van der Waals surface area contributed by atoms with Crippen LogP contribution >= 0.6 is 0 Å². The molecular weight excluding hydrogens is 465 g/mol. The number of anilines is 4. The van der Waals surface area contributed by atoms with Crippen LogP contribution in [0.2, 0.25) is 0 Å². The molecule has 0 aliphatic carbocycles. The maximum Gasteiger partial charge on any atom is 0.227 e. The van der Waals surface area contributed by atoms with Gasteiger partial charge in [0.2, 0.25) is 5.95 Å². The van der Waals surface area contributed by atoms with Crippen LogP contribution in [0.15, 0.2) is 79.0 Å². The van der Waals surface area contributed by atoms with E-state index in [0.717, 1.165) is 53.6 Å². The zero-order valence-electron chi connectivity index (χ0n) is 21.7. The summed E-state index contributed by atoms with van der Waals surface area (Å²) in [5.41, 5.74) is 5.10. The minimum Gasteiger partial charge on any atom is -0.497 e. The van der Waals surface area contributed by atoms with Crippen molar-refractivity contribution < 1.29 is 9.13 Å². The topological polar surface area (TPSA) is 53.5 Å². The smallest absolute Gasteiger partial charge is 0.227 e. The summed E-state index contributed by atoms with van der Waals surface area (Å²) in [4.78, 5) is 14.1. The third-order valence-electron chi connectivity index (χ3n) is 6.89. The molecule has 1 aliphatic rings. The predicted octanol–water partition coefficient (Wildman–Crippen LogP) is 6.45. The normalized spacial score (nSPS) is 14.9. The van der Waals surface area contributed by atoms with Gasteiger partial charge in [-0.3, -0.25) is 0 Å². The van der Waals surface area contributed by atoms with Crippen LogP contribution in [-0.2, 0) is 0 Å². The fourth-order valence-corrected chi connectivity index (χ4v) is 4.85. The number of halogens is 1. The third-order valence-corrected chi connectivity index (χ3v) is 6.89. The molecule has 1 N–H and O–H groups in total. The van der Waals surface area contributed by atoms with E-state index in [0.29, 0.717) is 5.95 Å². The van der Waals surface area contributed by atoms with Crippen molar-refractivity contribution in [2.45, 2.75) is 26.3 Å². The molecule has 7 heteroatoms. The molecule has 0 saturated carbocycles. The summed E-state index contributed by atoms with van der Waals surface area (Å²) >= 11 is 0. The van der Waals surface area contributed by atoms with E-state index in [1.54, 1.807) is 25.4 Å². The van der Waals surface area contributed by atoms with Crippen molar-refractivity contribution in [2.24, 2.45) is 0 Å². The molecule has 3 aromatic carbocycles. The number of rotatable bonds is 6. The van der Waals surface area contributed by atoms with Crippen LogP contribution in [0.4, 0.5) is 27.5 Å². The largest absolute Gasteiger partial charge is 0.497 e. The molecular formula is C30H32FN5O. The number of nitrogens with one attached hydrogen (secondary N) is 1. The van der Waals surface area contributed by atoms with Gasteiger partial charge in [0, 0.05) is 37.2 Å². The van der Waals surface area contributed by atoms with E-state index in [4.69, 9.17) is 9.72 Å². The van der Waals surface area contributed by atoms with Gasteiger partial charge in [0.25, 0.3) is 0 Å². The first kappa shape index (κ1) is 24.6. The minimum absolute atomic E-state index is 0.111. The molecule has 0 atom stereocenters. The van der Waals surface area contributed by atoms with Crippen LogP contribution in [0.25, 0.3) is 11.1 Å². The monoisotopic (exact) mass is 497 g/mol. The number of hydrogen-bond acceptors (Lipinski definition) is 6. The van der Waals surface area contributed by atoms with Gasteiger partial charge in [0.1, 0.15) is 17.4 Å². The van der Waals surface area contributed by atoms with E-state index >= 15 is 0 Å². The van der Waals surface area contributed by atoms with Gasteiger partial charge in [-0.25, -0.2) is 9.37 Å². The number of benzene rings is 3. The number of aromatic nitrogens is 2. The van der Waals surface area contributed by atoms with Crippen LogP contribution in [0, 0.1) is 12.7 Å². The predicted molar refractivity (Wildman–Crippen MR) is 149 cm³/mol. The number of ether oxygens (including phenoxy) is 1. The molecule has 2 heterocycles. The minimum atomic E-state index is -0.240. The van der Waals surface area contributed by atoms with Crippen molar-refractivity contribution >= 4 is 23.1 Å². The Balaban J connectivity index is 1.33. The number of aryl methyl sites for hydroxylation is 1. The number of hydrogen-bond donors (Lipinski definition) is 1. The first-order chi connectivity index (χ1) is 17.8. The lowest BCUT2D eigenvalue weighted by molar-refractivity contribution is 0.408. The highest BCUT2D eigenvalue weighted by molar-refractivity contribution is 5.72. The first-order valence-corrected chi connectivity index (χ1v) is 12.5. The highest BCUT2D eigenvalue weighted by atomic mass is 19.1. The zero-order chi connectivity index (χ0) is 26.0. The molecule has 0 amide bonds. The second kappa shape index (κ2) is 10.1. The molecule has 4 aromatic rings. The van der Waals surface area contributed by atoms with Gasteiger partial charge in [0.15, 0.2) is 0 Å². The van der Waals surface area contributed by atoms with E-state index < -0.39 is 0 Å². The Morgan fingerprint density at radius 2 is 1.65 bits per heavy atom. The lowest BCUT2D eigenvalue weighted by Crippen LogP contribution is -2.60. The van der Waals surface area contributed by atoms with Crippen molar-refractivity contribution in [2.75, 3.05) is 41.9 Å². The Morgan fingerprint density at radius 1 is 0.919 bits per heavy atom. The number of nitrogens with zero attached hydrogens (tertiary/aromatic N) is 4. The fraction of sp³-hybridized carbons (Fsp3) is 0.267. The first-order valence-electron chi connectivity index (χ1n) is 12.5. The average molecular weight is 498 g/mol. The Morgan fingerprint density at radius 3 is 2.35 bits per heavy atom. The highest BCUT2D eigenvalue weighted by Gasteiger charge is 2.35. The zero-order valence-corrected chi connectivity index (χ0v) is 21.7. The standard InChI is InChI=1S/C30H32FN5O/c1-21-5-6-23(22-7-9-24(31)10-8-22)19-27(21)33-28-15-16-32-29(34-28)35-17-18-36(30(2,3)20-35)25-11-13-26(37-4)14-12-25/h5-16,19H,17-18,20H2,1-4H3,(H,32,33,34). The summed E-state index contributed by atoms with van der Waals surface area (Å²) in [5, 5.41) is 3.47. The van der Waals surface area contributed by atoms with Crippen molar-refractivity contribution in [3.05, 3.63) is 90.4 Å². The lowest BCUT2D eigenvalue weighted by Gasteiger charge is -2.48. The van der Waals surface area contributed by atoms with Gasteiger partial charge >= 0.3 is 0 Å².